The number of hydrogen-bond donors (Lipinski definition) is 1. The molecule has 3 heterocycles. The highest BCUT2D eigenvalue weighted by Crippen LogP contribution is 2.17. The second kappa shape index (κ2) is 7.48. The number of morpholine rings is 1. The van der Waals surface area contributed by atoms with Crippen LogP contribution < -0.4 is 10.9 Å². The second-order valence-electron chi connectivity index (χ2n) is 5.93. The number of aryl methyl sites for hydroxylation is 1. The maximum absolute atomic E-state index is 12.5. The number of amides is 1. The highest BCUT2D eigenvalue weighted by Gasteiger charge is 2.27. The van der Waals surface area contributed by atoms with Crippen molar-refractivity contribution in [1.29, 1.82) is 0 Å². The maximum Gasteiger partial charge on any atom is 0.293 e. The van der Waals surface area contributed by atoms with Crippen LogP contribution in [0.3, 0.4) is 0 Å². The number of nitrogens with one attached hydrogen (secondary N) is 1. The molecule has 0 radical (unpaired) electrons. The Kier molecular flexibility index (Phi) is 5.14. The molecule has 0 spiro atoms. The molecule has 1 N–H and O–H groups in total. The highest BCUT2D eigenvalue weighted by atomic mass is 16.5. The van der Waals surface area contributed by atoms with Crippen LogP contribution in [0.2, 0.25) is 0 Å². The summed E-state index contributed by atoms with van der Waals surface area (Å²) < 4.78 is 12.4. The van der Waals surface area contributed by atoms with E-state index in [1.807, 2.05) is 0 Å². The van der Waals surface area contributed by atoms with Gasteiger partial charge in [-0.15, -0.1) is 0 Å². The van der Waals surface area contributed by atoms with Gasteiger partial charge in [0, 0.05) is 39.1 Å². The van der Waals surface area contributed by atoms with E-state index in [4.69, 9.17) is 9.47 Å². The smallest absolute Gasteiger partial charge is 0.293 e. The van der Waals surface area contributed by atoms with Crippen LogP contribution in [0.4, 0.5) is 5.82 Å². The zero-order valence-electron chi connectivity index (χ0n) is 13.7. The van der Waals surface area contributed by atoms with E-state index in [1.165, 1.54) is 4.57 Å². The fraction of sp³-hybridized carbons (Fsp3) is 0.562. The Morgan fingerprint density at radius 1 is 1.46 bits per heavy atom. The van der Waals surface area contributed by atoms with Gasteiger partial charge in [0.1, 0.15) is 0 Å². The van der Waals surface area contributed by atoms with Crippen LogP contribution in [-0.2, 0) is 21.3 Å². The Morgan fingerprint density at radius 3 is 3.12 bits per heavy atom. The van der Waals surface area contributed by atoms with E-state index in [1.54, 1.807) is 30.6 Å². The molecular weight excluding hydrogens is 312 g/mol. The number of rotatable bonds is 4. The molecule has 1 atom stereocenters. The van der Waals surface area contributed by atoms with Crippen LogP contribution in [0.15, 0.2) is 29.0 Å². The fourth-order valence-corrected chi connectivity index (χ4v) is 2.78. The summed E-state index contributed by atoms with van der Waals surface area (Å²) in [5.74, 6) is 0.298. The van der Waals surface area contributed by atoms with Crippen molar-refractivity contribution >= 4 is 11.7 Å². The number of carbonyl (C=O) groups is 1. The molecule has 0 bridgehead atoms. The summed E-state index contributed by atoms with van der Waals surface area (Å²) in [5, 5.41) is 3.02. The van der Waals surface area contributed by atoms with Gasteiger partial charge >= 0.3 is 0 Å². The van der Waals surface area contributed by atoms with Gasteiger partial charge in [-0.2, -0.15) is 0 Å². The van der Waals surface area contributed by atoms with Crippen molar-refractivity contribution in [2.24, 2.45) is 7.05 Å². The molecule has 0 aromatic carbocycles. The molecule has 2 aliphatic rings. The number of ether oxygens (including phenoxy) is 2. The van der Waals surface area contributed by atoms with Crippen molar-refractivity contribution in [3.05, 3.63) is 34.6 Å². The quantitative estimate of drug-likeness (QED) is 0.841. The van der Waals surface area contributed by atoms with Gasteiger partial charge in [0.05, 0.1) is 31.2 Å². The minimum atomic E-state index is -0.189. The average Bonchev–Trinajstić information content (AvgIpc) is 2.63. The Labute approximate surface area is 140 Å². The van der Waals surface area contributed by atoms with Crippen molar-refractivity contribution < 1.29 is 14.3 Å². The Balaban J connectivity index is 1.57. The summed E-state index contributed by atoms with van der Waals surface area (Å²) in [5.41, 5.74) is 0.527. The summed E-state index contributed by atoms with van der Waals surface area (Å²) in [6, 6.07) is 0. The topological polar surface area (TPSA) is 85.7 Å². The lowest BCUT2D eigenvalue weighted by Gasteiger charge is -2.34. The average molecular weight is 334 g/mol. The van der Waals surface area contributed by atoms with Crippen molar-refractivity contribution in [3.63, 3.8) is 0 Å². The van der Waals surface area contributed by atoms with Crippen LogP contribution in [0.25, 0.3) is 0 Å². The Hall–Kier alpha value is -2.35. The number of nitrogens with zero attached hydrogens (tertiary/aromatic N) is 3. The summed E-state index contributed by atoms with van der Waals surface area (Å²) in [7, 11) is 1.67. The Morgan fingerprint density at radius 2 is 2.33 bits per heavy atom. The first-order valence-corrected chi connectivity index (χ1v) is 8.12. The zero-order valence-corrected chi connectivity index (χ0v) is 13.7. The van der Waals surface area contributed by atoms with Gasteiger partial charge in [-0.3, -0.25) is 9.59 Å². The van der Waals surface area contributed by atoms with E-state index in [2.05, 4.69) is 10.3 Å². The summed E-state index contributed by atoms with van der Waals surface area (Å²) in [6.07, 6.45) is 6.19. The van der Waals surface area contributed by atoms with E-state index in [0.29, 0.717) is 38.4 Å². The van der Waals surface area contributed by atoms with E-state index in [9.17, 15) is 9.59 Å². The molecule has 2 aliphatic heterocycles. The van der Waals surface area contributed by atoms with Crippen molar-refractivity contribution in [2.45, 2.75) is 18.9 Å². The van der Waals surface area contributed by atoms with Crippen LogP contribution in [0.5, 0.6) is 0 Å². The van der Waals surface area contributed by atoms with E-state index < -0.39 is 0 Å². The van der Waals surface area contributed by atoms with Crippen molar-refractivity contribution in [1.82, 2.24) is 14.5 Å². The lowest BCUT2D eigenvalue weighted by atomic mass is 10.1. The molecular formula is C16H22N4O4. The first-order valence-electron chi connectivity index (χ1n) is 8.12. The zero-order chi connectivity index (χ0) is 16.9. The first-order chi connectivity index (χ1) is 11.6. The highest BCUT2D eigenvalue weighted by molar-refractivity contribution is 5.93. The summed E-state index contributed by atoms with van der Waals surface area (Å²) in [6.45, 7) is 2.62. The van der Waals surface area contributed by atoms with E-state index >= 15 is 0 Å². The second-order valence-corrected chi connectivity index (χ2v) is 5.93. The third-order valence-corrected chi connectivity index (χ3v) is 4.15. The van der Waals surface area contributed by atoms with Gasteiger partial charge < -0.3 is 24.3 Å². The largest absolute Gasteiger partial charge is 0.501 e. The first kappa shape index (κ1) is 16.5. The van der Waals surface area contributed by atoms with Crippen LogP contribution in [0.1, 0.15) is 12.8 Å². The molecule has 1 aromatic heterocycles. The summed E-state index contributed by atoms with van der Waals surface area (Å²) in [4.78, 5) is 30.3. The molecule has 1 saturated heterocycles. The van der Waals surface area contributed by atoms with Gasteiger partial charge in [0.2, 0.25) is 0 Å². The third-order valence-electron chi connectivity index (χ3n) is 4.15. The van der Waals surface area contributed by atoms with Crippen molar-refractivity contribution in [2.75, 3.05) is 38.2 Å². The lowest BCUT2D eigenvalue weighted by molar-refractivity contribution is -0.134. The molecule has 130 valence electrons. The lowest BCUT2D eigenvalue weighted by Crippen LogP contribution is -2.48. The molecule has 3 rings (SSSR count). The van der Waals surface area contributed by atoms with Crippen LogP contribution in [0, 0.1) is 0 Å². The predicted octanol–water partition coefficient (Wildman–Crippen LogP) is 0.114. The Bertz CT molecular complexity index is 685. The summed E-state index contributed by atoms with van der Waals surface area (Å²) >= 11 is 0. The molecule has 0 saturated carbocycles. The number of aromatic nitrogens is 2. The molecule has 1 aromatic rings. The predicted molar refractivity (Wildman–Crippen MR) is 87.6 cm³/mol. The standard InChI is InChI=1S/C16H22N4O4/c1-19-5-4-17-14(16(19)22)18-9-13-10-20(6-8-24-13)15(21)12-3-2-7-23-11-12/h4-5,11,13H,2-3,6-10H2,1H3,(H,17,18)/t13-/m0/s1. The minimum absolute atomic E-state index is 0.0109. The molecule has 0 unspecified atom stereocenters. The van der Waals surface area contributed by atoms with Gasteiger partial charge in [-0.05, 0) is 12.8 Å². The molecule has 8 nitrogen and oxygen atoms in total. The molecule has 8 heteroatoms. The SMILES string of the molecule is Cn1ccnc(NC[C@H]2CN(C(=O)C3=COCCC3)CCO2)c1=O. The van der Waals surface area contributed by atoms with Gasteiger partial charge in [-0.1, -0.05) is 0 Å². The molecule has 24 heavy (non-hydrogen) atoms. The number of hydrogen-bond acceptors (Lipinski definition) is 6. The minimum Gasteiger partial charge on any atom is -0.501 e. The molecule has 1 amide bonds. The molecule has 0 aliphatic carbocycles. The van der Waals surface area contributed by atoms with Gasteiger partial charge in [-0.25, -0.2) is 4.98 Å². The third kappa shape index (κ3) is 3.76. The normalized spacial score (nSPS) is 21.0. The van der Waals surface area contributed by atoms with E-state index in [0.717, 1.165) is 12.8 Å². The van der Waals surface area contributed by atoms with Crippen LogP contribution in [-0.4, -0.2) is 59.3 Å². The molecule has 1 fully saturated rings. The maximum atomic E-state index is 12.5. The fourth-order valence-electron chi connectivity index (χ4n) is 2.78. The van der Waals surface area contributed by atoms with Gasteiger partial charge in [0.15, 0.2) is 5.82 Å². The van der Waals surface area contributed by atoms with Crippen LogP contribution >= 0.6 is 0 Å². The number of anilines is 1. The van der Waals surface area contributed by atoms with E-state index in [-0.39, 0.29) is 23.4 Å². The van der Waals surface area contributed by atoms with Gasteiger partial charge in [0.25, 0.3) is 11.5 Å². The number of carbonyl (C=O) groups excluding carboxylic acids is 1. The van der Waals surface area contributed by atoms with Crippen molar-refractivity contribution in [3.8, 4) is 0 Å². The monoisotopic (exact) mass is 334 g/mol.